The SMILES string of the molecule is CCCCCn1c(N)nc2c(Cl)cccc21. The van der Waals surface area contributed by atoms with Crippen LogP contribution in [0.3, 0.4) is 0 Å². The first-order valence-electron chi connectivity index (χ1n) is 5.64. The molecule has 1 aromatic carbocycles. The molecule has 0 aliphatic rings. The molecule has 0 aliphatic heterocycles. The van der Waals surface area contributed by atoms with Gasteiger partial charge < -0.3 is 10.3 Å². The summed E-state index contributed by atoms with van der Waals surface area (Å²) < 4.78 is 2.04. The Hall–Kier alpha value is -1.22. The van der Waals surface area contributed by atoms with E-state index in [1.165, 1.54) is 12.8 Å². The van der Waals surface area contributed by atoms with Crippen LogP contribution >= 0.6 is 11.6 Å². The number of halogens is 1. The maximum atomic E-state index is 6.07. The van der Waals surface area contributed by atoms with Crippen LogP contribution in [-0.2, 0) is 6.54 Å². The van der Waals surface area contributed by atoms with Gasteiger partial charge in [-0.25, -0.2) is 4.98 Å². The van der Waals surface area contributed by atoms with Crippen LogP contribution < -0.4 is 5.73 Å². The molecule has 2 aromatic rings. The minimum absolute atomic E-state index is 0.555. The molecule has 0 saturated carbocycles. The molecule has 0 radical (unpaired) electrons. The molecule has 0 bridgehead atoms. The number of unbranched alkanes of at least 4 members (excludes halogenated alkanes) is 2. The molecule has 3 nitrogen and oxygen atoms in total. The normalized spacial score (nSPS) is 11.1. The number of rotatable bonds is 4. The lowest BCUT2D eigenvalue weighted by Crippen LogP contribution is -2.03. The van der Waals surface area contributed by atoms with Gasteiger partial charge in [0.2, 0.25) is 5.95 Å². The minimum atomic E-state index is 0.555. The van der Waals surface area contributed by atoms with E-state index in [-0.39, 0.29) is 0 Å². The van der Waals surface area contributed by atoms with E-state index in [0.29, 0.717) is 11.0 Å². The van der Waals surface area contributed by atoms with Crippen molar-refractivity contribution in [1.82, 2.24) is 9.55 Å². The third-order valence-corrected chi connectivity index (χ3v) is 3.05. The van der Waals surface area contributed by atoms with Crippen molar-refractivity contribution < 1.29 is 0 Å². The van der Waals surface area contributed by atoms with Crippen LogP contribution in [0, 0.1) is 0 Å². The number of benzene rings is 1. The van der Waals surface area contributed by atoms with Crippen molar-refractivity contribution in [2.24, 2.45) is 0 Å². The van der Waals surface area contributed by atoms with E-state index < -0.39 is 0 Å². The number of nitrogen functional groups attached to an aromatic ring is 1. The molecule has 86 valence electrons. The molecular weight excluding hydrogens is 222 g/mol. The summed E-state index contributed by atoms with van der Waals surface area (Å²) in [5.41, 5.74) is 7.73. The summed E-state index contributed by atoms with van der Waals surface area (Å²) in [7, 11) is 0. The Morgan fingerprint density at radius 3 is 2.94 bits per heavy atom. The average Bonchev–Trinajstić information content (AvgIpc) is 2.58. The van der Waals surface area contributed by atoms with E-state index in [9.17, 15) is 0 Å². The first-order valence-corrected chi connectivity index (χ1v) is 6.02. The van der Waals surface area contributed by atoms with Crippen molar-refractivity contribution in [2.75, 3.05) is 5.73 Å². The number of nitrogens with two attached hydrogens (primary N) is 1. The number of para-hydroxylation sites is 1. The first kappa shape index (κ1) is 11.3. The lowest BCUT2D eigenvalue weighted by Gasteiger charge is -2.05. The maximum absolute atomic E-state index is 6.07. The first-order chi connectivity index (χ1) is 7.74. The molecule has 0 unspecified atom stereocenters. The molecule has 4 heteroatoms. The van der Waals surface area contributed by atoms with Gasteiger partial charge in [-0.05, 0) is 18.6 Å². The van der Waals surface area contributed by atoms with Gasteiger partial charge in [-0.15, -0.1) is 0 Å². The zero-order valence-corrected chi connectivity index (χ0v) is 10.2. The Morgan fingerprint density at radius 1 is 1.38 bits per heavy atom. The van der Waals surface area contributed by atoms with Crippen LogP contribution in [0.25, 0.3) is 11.0 Å². The Labute approximate surface area is 100 Å². The predicted octanol–water partition coefficient (Wildman–Crippen LogP) is 3.46. The summed E-state index contributed by atoms with van der Waals surface area (Å²) in [4.78, 5) is 4.30. The second-order valence-electron chi connectivity index (χ2n) is 3.94. The summed E-state index contributed by atoms with van der Waals surface area (Å²) in [6.45, 7) is 3.10. The van der Waals surface area contributed by atoms with Crippen molar-refractivity contribution in [3.8, 4) is 0 Å². The second kappa shape index (κ2) is 4.74. The van der Waals surface area contributed by atoms with Crippen LogP contribution in [0.1, 0.15) is 26.2 Å². The molecule has 1 heterocycles. The summed E-state index contributed by atoms with van der Waals surface area (Å²) in [5, 5.41) is 0.665. The van der Waals surface area contributed by atoms with Crippen molar-refractivity contribution in [1.29, 1.82) is 0 Å². The predicted molar refractivity (Wildman–Crippen MR) is 68.7 cm³/mol. The quantitative estimate of drug-likeness (QED) is 0.828. The van der Waals surface area contributed by atoms with E-state index in [1.807, 2.05) is 22.8 Å². The molecule has 1 aromatic heterocycles. The van der Waals surface area contributed by atoms with Gasteiger partial charge in [-0.3, -0.25) is 0 Å². The summed E-state index contributed by atoms with van der Waals surface area (Å²) in [5.74, 6) is 0.555. The van der Waals surface area contributed by atoms with Gasteiger partial charge in [0.15, 0.2) is 0 Å². The fourth-order valence-corrected chi connectivity index (χ4v) is 2.10. The van der Waals surface area contributed by atoms with Crippen LogP contribution in [0.2, 0.25) is 5.02 Å². The lowest BCUT2D eigenvalue weighted by atomic mass is 10.2. The van der Waals surface area contributed by atoms with Crippen molar-refractivity contribution >= 4 is 28.6 Å². The van der Waals surface area contributed by atoms with E-state index in [0.717, 1.165) is 24.0 Å². The van der Waals surface area contributed by atoms with E-state index >= 15 is 0 Å². The third kappa shape index (κ3) is 2.00. The van der Waals surface area contributed by atoms with Crippen LogP contribution in [-0.4, -0.2) is 9.55 Å². The molecule has 2 rings (SSSR count). The molecule has 0 fully saturated rings. The number of hydrogen-bond acceptors (Lipinski definition) is 2. The zero-order chi connectivity index (χ0) is 11.5. The van der Waals surface area contributed by atoms with Crippen LogP contribution in [0.5, 0.6) is 0 Å². The Morgan fingerprint density at radius 2 is 2.19 bits per heavy atom. The number of imidazole rings is 1. The molecule has 0 aliphatic carbocycles. The monoisotopic (exact) mass is 237 g/mol. The largest absolute Gasteiger partial charge is 0.369 e. The van der Waals surface area contributed by atoms with Crippen molar-refractivity contribution in [3.63, 3.8) is 0 Å². The number of aryl methyl sites for hydroxylation is 1. The molecule has 0 spiro atoms. The third-order valence-electron chi connectivity index (χ3n) is 2.74. The van der Waals surface area contributed by atoms with Gasteiger partial charge in [0, 0.05) is 6.54 Å². The lowest BCUT2D eigenvalue weighted by molar-refractivity contribution is 0.619. The molecule has 0 amide bonds. The molecule has 16 heavy (non-hydrogen) atoms. The zero-order valence-electron chi connectivity index (χ0n) is 9.41. The summed E-state index contributed by atoms with van der Waals surface area (Å²) in [6.07, 6.45) is 3.53. The van der Waals surface area contributed by atoms with E-state index in [1.54, 1.807) is 0 Å². The number of aromatic nitrogens is 2. The maximum Gasteiger partial charge on any atom is 0.201 e. The number of anilines is 1. The van der Waals surface area contributed by atoms with Crippen LogP contribution in [0.4, 0.5) is 5.95 Å². The van der Waals surface area contributed by atoms with Gasteiger partial charge >= 0.3 is 0 Å². The van der Waals surface area contributed by atoms with Gasteiger partial charge in [-0.2, -0.15) is 0 Å². The highest BCUT2D eigenvalue weighted by Crippen LogP contribution is 2.25. The van der Waals surface area contributed by atoms with Crippen molar-refractivity contribution in [2.45, 2.75) is 32.7 Å². The standard InChI is InChI=1S/C12H16ClN3/c1-2-3-4-8-16-10-7-5-6-9(13)11(10)15-12(16)14/h5-7H,2-4,8H2,1H3,(H2,14,15). The summed E-state index contributed by atoms with van der Waals surface area (Å²) >= 11 is 6.07. The highest BCUT2D eigenvalue weighted by atomic mass is 35.5. The van der Waals surface area contributed by atoms with E-state index in [4.69, 9.17) is 17.3 Å². The topological polar surface area (TPSA) is 43.8 Å². The molecule has 0 atom stereocenters. The highest BCUT2D eigenvalue weighted by Gasteiger charge is 2.09. The van der Waals surface area contributed by atoms with Crippen molar-refractivity contribution in [3.05, 3.63) is 23.2 Å². The average molecular weight is 238 g/mol. The Balaban J connectivity index is 2.36. The van der Waals surface area contributed by atoms with Gasteiger partial charge in [0.25, 0.3) is 0 Å². The summed E-state index contributed by atoms with van der Waals surface area (Å²) in [6, 6.07) is 5.78. The Kier molecular flexibility index (Phi) is 3.34. The molecular formula is C12H16ClN3. The number of fused-ring (bicyclic) bond motifs is 1. The Bertz CT molecular complexity index is 490. The van der Waals surface area contributed by atoms with Gasteiger partial charge in [-0.1, -0.05) is 37.4 Å². The highest BCUT2D eigenvalue weighted by molar-refractivity contribution is 6.35. The molecule has 0 saturated heterocycles. The smallest absolute Gasteiger partial charge is 0.201 e. The second-order valence-corrected chi connectivity index (χ2v) is 4.34. The van der Waals surface area contributed by atoms with E-state index in [2.05, 4.69) is 11.9 Å². The van der Waals surface area contributed by atoms with Gasteiger partial charge in [0.05, 0.1) is 10.5 Å². The fourth-order valence-electron chi connectivity index (χ4n) is 1.89. The molecule has 2 N–H and O–H groups in total. The minimum Gasteiger partial charge on any atom is -0.369 e. The number of hydrogen-bond donors (Lipinski definition) is 1. The van der Waals surface area contributed by atoms with Gasteiger partial charge in [0.1, 0.15) is 5.52 Å². The van der Waals surface area contributed by atoms with Crippen LogP contribution in [0.15, 0.2) is 18.2 Å². The number of nitrogens with zero attached hydrogens (tertiary/aromatic N) is 2. The fraction of sp³-hybridized carbons (Fsp3) is 0.417.